The highest BCUT2D eigenvalue weighted by Crippen LogP contribution is 2.06. The highest BCUT2D eigenvalue weighted by atomic mass is 16.5. The number of amides is 1. The maximum Gasteiger partial charge on any atom is 0.306 e. The topological polar surface area (TPSA) is 58.6 Å². The number of likely N-dealkylation sites (N-methyl/N-ethyl adjacent to an activating group) is 1. The normalized spacial score (nSPS) is 12.6. The van der Waals surface area contributed by atoms with Crippen molar-refractivity contribution in [1.82, 2.24) is 10.2 Å². The molecule has 0 aliphatic heterocycles. The first kappa shape index (κ1) is 17.9. The lowest BCUT2D eigenvalue weighted by Gasteiger charge is -2.19. The van der Waals surface area contributed by atoms with Crippen molar-refractivity contribution in [3.05, 3.63) is 0 Å². The molecule has 0 aromatic carbocycles. The quantitative estimate of drug-likeness (QED) is 0.645. The Morgan fingerprint density at radius 2 is 1.84 bits per heavy atom. The molecule has 1 N–H and O–H groups in total. The number of methoxy groups -OCH3 is 1. The fourth-order valence-electron chi connectivity index (χ4n) is 1.68. The molecule has 5 nitrogen and oxygen atoms in total. The molecule has 0 saturated heterocycles. The summed E-state index contributed by atoms with van der Waals surface area (Å²) in [5.74, 6) is 0.406. The molecular formula is C14H28N2O3. The molecule has 1 amide bonds. The summed E-state index contributed by atoms with van der Waals surface area (Å²) in [6, 6.07) is 0.198. The fraction of sp³-hybridized carbons (Fsp3) is 0.857. The van der Waals surface area contributed by atoms with E-state index in [2.05, 4.69) is 23.9 Å². The van der Waals surface area contributed by atoms with E-state index in [-0.39, 0.29) is 17.9 Å². The van der Waals surface area contributed by atoms with Crippen LogP contribution in [0.4, 0.5) is 0 Å². The summed E-state index contributed by atoms with van der Waals surface area (Å²) < 4.78 is 4.56. The second-order valence-electron chi connectivity index (χ2n) is 5.50. The van der Waals surface area contributed by atoms with Gasteiger partial charge in [-0.15, -0.1) is 0 Å². The van der Waals surface area contributed by atoms with Gasteiger partial charge in [0.2, 0.25) is 5.91 Å². The molecule has 0 aliphatic carbocycles. The first-order valence-electron chi connectivity index (χ1n) is 6.89. The van der Waals surface area contributed by atoms with Crippen LogP contribution in [0.1, 0.15) is 40.0 Å². The lowest BCUT2D eigenvalue weighted by Crippen LogP contribution is -2.40. The Balaban J connectivity index is 3.80. The van der Waals surface area contributed by atoms with Crippen molar-refractivity contribution >= 4 is 11.9 Å². The average molecular weight is 272 g/mol. The molecule has 0 rings (SSSR count). The Morgan fingerprint density at radius 3 is 2.37 bits per heavy atom. The number of esters is 1. The summed E-state index contributed by atoms with van der Waals surface area (Å²) in [7, 11) is 3.19. The lowest BCUT2D eigenvalue weighted by atomic mass is 10.0. The molecule has 0 fully saturated rings. The first-order chi connectivity index (χ1) is 8.85. The van der Waals surface area contributed by atoms with Crippen LogP contribution in [0.15, 0.2) is 0 Å². The predicted octanol–water partition coefficient (Wildman–Crippen LogP) is 1.42. The summed E-state index contributed by atoms with van der Waals surface area (Å²) in [5.41, 5.74) is 0. The zero-order chi connectivity index (χ0) is 14.8. The van der Waals surface area contributed by atoms with Crippen LogP contribution < -0.4 is 5.32 Å². The number of nitrogens with zero attached hydrogens (tertiary/aromatic N) is 1. The van der Waals surface area contributed by atoms with Crippen LogP contribution in [0.25, 0.3) is 0 Å². The van der Waals surface area contributed by atoms with Gasteiger partial charge >= 0.3 is 5.97 Å². The SMILES string of the molecule is COC(=O)CCN(C)CC(=O)NC(C)CCC(C)C. The summed E-state index contributed by atoms with van der Waals surface area (Å²) in [6.07, 6.45) is 2.41. The minimum Gasteiger partial charge on any atom is -0.469 e. The van der Waals surface area contributed by atoms with E-state index in [1.165, 1.54) is 7.11 Å². The van der Waals surface area contributed by atoms with Crippen molar-refractivity contribution in [2.75, 3.05) is 27.2 Å². The maximum atomic E-state index is 11.8. The van der Waals surface area contributed by atoms with Crippen molar-refractivity contribution in [3.63, 3.8) is 0 Å². The molecule has 112 valence electrons. The van der Waals surface area contributed by atoms with E-state index in [1.807, 2.05) is 18.9 Å². The minimum atomic E-state index is -0.252. The van der Waals surface area contributed by atoms with Gasteiger partial charge in [-0.1, -0.05) is 13.8 Å². The maximum absolute atomic E-state index is 11.8. The second-order valence-corrected chi connectivity index (χ2v) is 5.50. The lowest BCUT2D eigenvalue weighted by molar-refractivity contribution is -0.141. The van der Waals surface area contributed by atoms with Gasteiger partial charge in [-0.3, -0.25) is 14.5 Å². The summed E-state index contributed by atoms with van der Waals surface area (Å²) in [4.78, 5) is 24.6. The number of hydrogen-bond donors (Lipinski definition) is 1. The molecule has 1 atom stereocenters. The van der Waals surface area contributed by atoms with Gasteiger partial charge in [-0.2, -0.15) is 0 Å². The third kappa shape index (κ3) is 10.5. The third-order valence-corrected chi connectivity index (χ3v) is 2.92. The van der Waals surface area contributed by atoms with Crippen molar-refractivity contribution < 1.29 is 14.3 Å². The van der Waals surface area contributed by atoms with E-state index >= 15 is 0 Å². The van der Waals surface area contributed by atoms with Gasteiger partial charge in [-0.25, -0.2) is 0 Å². The molecule has 1 unspecified atom stereocenters. The molecular weight excluding hydrogens is 244 g/mol. The van der Waals surface area contributed by atoms with Gasteiger partial charge in [0.25, 0.3) is 0 Å². The Labute approximate surface area is 116 Å². The number of rotatable bonds is 9. The highest BCUT2D eigenvalue weighted by Gasteiger charge is 2.11. The molecule has 0 saturated carbocycles. The van der Waals surface area contributed by atoms with Gasteiger partial charge in [0.15, 0.2) is 0 Å². The van der Waals surface area contributed by atoms with E-state index in [0.29, 0.717) is 25.4 Å². The van der Waals surface area contributed by atoms with Crippen molar-refractivity contribution in [2.45, 2.75) is 46.1 Å². The van der Waals surface area contributed by atoms with Crippen molar-refractivity contribution in [2.24, 2.45) is 5.92 Å². The van der Waals surface area contributed by atoms with Crippen molar-refractivity contribution in [1.29, 1.82) is 0 Å². The minimum absolute atomic E-state index is 0.00335. The molecule has 0 aromatic rings. The van der Waals surface area contributed by atoms with Crippen LogP contribution >= 0.6 is 0 Å². The van der Waals surface area contributed by atoms with Gasteiger partial charge in [0.1, 0.15) is 0 Å². The van der Waals surface area contributed by atoms with Gasteiger partial charge < -0.3 is 10.1 Å². The molecule has 0 aliphatic rings. The summed E-state index contributed by atoms with van der Waals surface area (Å²) >= 11 is 0. The second kappa shape index (κ2) is 9.78. The Morgan fingerprint density at radius 1 is 1.21 bits per heavy atom. The zero-order valence-corrected chi connectivity index (χ0v) is 12.9. The standard InChI is InChI=1S/C14H28N2O3/c1-11(2)6-7-12(3)15-13(17)10-16(4)9-8-14(18)19-5/h11-12H,6-10H2,1-5H3,(H,15,17). The monoisotopic (exact) mass is 272 g/mol. The van der Waals surface area contributed by atoms with E-state index < -0.39 is 0 Å². The van der Waals surface area contributed by atoms with E-state index in [9.17, 15) is 9.59 Å². The van der Waals surface area contributed by atoms with Crippen LogP contribution in [0.3, 0.4) is 0 Å². The van der Waals surface area contributed by atoms with Crippen molar-refractivity contribution in [3.8, 4) is 0 Å². The number of ether oxygens (including phenoxy) is 1. The first-order valence-corrected chi connectivity index (χ1v) is 6.89. The molecule has 0 radical (unpaired) electrons. The van der Waals surface area contributed by atoms with Gasteiger partial charge in [0.05, 0.1) is 20.1 Å². The van der Waals surface area contributed by atoms with Crippen LogP contribution in [-0.2, 0) is 14.3 Å². The van der Waals surface area contributed by atoms with E-state index in [4.69, 9.17) is 0 Å². The summed E-state index contributed by atoms with van der Waals surface area (Å²) in [5, 5.41) is 2.97. The molecule has 19 heavy (non-hydrogen) atoms. The van der Waals surface area contributed by atoms with Crippen LogP contribution in [0.5, 0.6) is 0 Å². The number of carbonyl (C=O) groups excluding carboxylic acids is 2. The average Bonchev–Trinajstić information content (AvgIpc) is 2.33. The number of hydrogen-bond acceptors (Lipinski definition) is 4. The van der Waals surface area contributed by atoms with Crippen LogP contribution in [-0.4, -0.2) is 50.1 Å². The van der Waals surface area contributed by atoms with E-state index in [1.54, 1.807) is 0 Å². The van der Waals surface area contributed by atoms with Crippen LogP contribution in [0.2, 0.25) is 0 Å². The molecule has 0 bridgehead atoms. The van der Waals surface area contributed by atoms with Gasteiger partial charge in [0, 0.05) is 12.6 Å². The zero-order valence-electron chi connectivity index (χ0n) is 12.9. The van der Waals surface area contributed by atoms with Gasteiger partial charge in [-0.05, 0) is 32.7 Å². The molecule has 0 heterocycles. The molecule has 0 aromatic heterocycles. The molecule has 5 heteroatoms. The smallest absolute Gasteiger partial charge is 0.306 e. The fourth-order valence-corrected chi connectivity index (χ4v) is 1.68. The number of carbonyl (C=O) groups is 2. The Kier molecular flexibility index (Phi) is 9.21. The Bertz CT molecular complexity index is 280. The predicted molar refractivity (Wildman–Crippen MR) is 75.8 cm³/mol. The van der Waals surface area contributed by atoms with Crippen LogP contribution in [0, 0.1) is 5.92 Å². The summed E-state index contributed by atoms with van der Waals surface area (Å²) in [6.45, 7) is 7.21. The molecule has 0 spiro atoms. The third-order valence-electron chi connectivity index (χ3n) is 2.92. The highest BCUT2D eigenvalue weighted by molar-refractivity contribution is 5.78. The Hall–Kier alpha value is -1.10. The largest absolute Gasteiger partial charge is 0.469 e. The number of nitrogens with one attached hydrogen (secondary N) is 1. The van der Waals surface area contributed by atoms with E-state index in [0.717, 1.165) is 12.8 Å².